The second kappa shape index (κ2) is 7.56. The van der Waals surface area contributed by atoms with Crippen LogP contribution >= 0.6 is 11.3 Å². The van der Waals surface area contributed by atoms with E-state index in [2.05, 4.69) is 53.2 Å². The van der Waals surface area contributed by atoms with Crippen molar-refractivity contribution in [2.75, 3.05) is 44.2 Å². The lowest BCUT2D eigenvalue weighted by Crippen LogP contribution is -2.52. The Kier molecular flexibility index (Phi) is 6.02. The molecule has 0 amide bonds. The zero-order valence-corrected chi connectivity index (χ0v) is 14.7. The smallest absolute Gasteiger partial charge is 0.185 e. The van der Waals surface area contributed by atoms with E-state index in [9.17, 15) is 0 Å². The third kappa shape index (κ3) is 4.66. The van der Waals surface area contributed by atoms with Crippen molar-refractivity contribution < 1.29 is 0 Å². The van der Waals surface area contributed by atoms with Crippen molar-refractivity contribution in [2.45, 2.75) is 40.2 Å². The monoisotopic (exact) mass is 310 g/mol. The highest BCUT2D eigenvalue weighted by Gasteiger charge is 2.29. The van der Waals surface area contributed by atoms with Crippen LogP contribution in [-0.4, -0.2) is 55.2 Å². The van der Waals surface area contributed by atoms with Crippen molar-refractivity contribution in [3.05, 3.63) is 11.6 Å². The second-order valence-corrected chi connectivity index (χ2v) is 7.62. The molecule has 1 aromatic rings. The molecule has 0 bridgehead atoms. The summed E-state index contributed by atoms with van der Waals surface area (Å²) in [6.45, 7) is 16.1. The molecule has 1 unspecified atom stereocenters. The third-order valence-corrected chi connectivity index (χ3v) is 5.40. The van der Waals surface area contributed by atoms with Gasteiger partial charge in [-0.15, -0.1) is 11.3 Å². The lowest BCUT2D eigenvalue weighted by Gasteiger charge is -2.41. The minimum atomic E-state index is 0.304. The number of hydrogen-bond donors (Lipinski definition) is 1. The molecule has 0 spiro atoms. The van der Waals surface area contributed by atoms with Gasteiger partial charge in [0.05, 0.1) is 0 Å². The highest BCUT2D eigenvalue weighted by atomic mass is 32.1. The fourth-order valence-electron chi connectivity index (χ4n) is 2.82. The summed E-state index contributed by atoms with van der Waals surface area (Å²) in [5.41, 5.74) is 0.304. The number of anilines is 1. The minimum absolute atomic E-state index is 0.304. The van der Waals surface area contributed by atoms with Gasteiger partial charge in [0, 0.05) is 50.3 Å². The van der Waals surface area contributed by atoms with Gasteiger partial charge in [-0.1, -0.05) is 20.8 Å². The predicted molar refractivity (Wildman–Crippen MR) is 92.3 cm³/mol. The van der Waals surface area contributed by atoms with Crippen molar-refractivity contribution in [2.24, 2.45) is 5.41 Å². The van der Waals surface area contributed by atoms with E-state index >= 15 is 0 Å². The largest absolute Gasteiger partial charge is 0.346 e. The molecular formula is C16H30N4S. The van der Waals surface area contributed by atoms with Gasteiger partial charge in [-0.2, -0.15) is 0 Å². The van der Waals surface area contributed by atoms with Crippen molar-refractivity contribution in [3.63, 3.8) is 0 Å². The number of rotatable bonds is 7. The molecule has 0 aliphatic carbocycles. The Morgan fingerprint density at radius 3 is 2.62 bits per heavy atom. The highest BCUT2D eigenvalue weighted by molar-refractivity contribution is 7.13. The van der Waals surface area contributed by atoms with Crippen LogP contribution in [0.4, 0.5) is 5.13 Å². The first-order valence-corrected chi connectivity index (χ1v) is 9.01. The van der Waals surface area contributed by atoms with Gasteiger partial charge in [-0.25, -0.2) is 4.98 Å². The molecule has 0 aromatic carbocycles. The summed E-state index contributed by atoms with van der Waals surface area (Å²) in [5.74, 6) is 0. The normalized spacial score (nSPS) is 19.0. The molecule has 0 saturated carbocycles. The molecule has 1 N–H and O–H groups in total. The molecule has 21 heavy (non-hydrogen) atoms. The minimum Gasteiger partial charge on any atom is -0.346 e. The Morgan fingerprint density at radius 2 is 2.05 bits per heavy atom. The average molecular weight is 311 g/mol. The predicted octanol–water partition coefficient (Wildman–Crippen LogP) is 2.68. The van der Waals surface area contributed by atoms with Gasteiger partial charge in [0.15, 0.2) is 5.13 Å². The molecule has 1 atom stereocenters. The Balaban J connectivity index is 1.79. The van der Waals surface area contributed by atoms with E-state index in [4.69, 9.17) is 0 Å². The number of nitrogens with one attached hydrogen (secondary N) is 1. The van der Waals surface area contributed by atoms with E-state index < -0.39 is 0 Å². The van der Waals surface area contributed by atoms with Crippen LogP contribution in [0.1, 0.15) is 34.1 Å². The Labute approximate surface area is 133 Å². The van der Waals surface area contributed by atoms with Crippen LogP contribution in [0.2, 0.25) is 0 Å². The molecule has 2 rings (SSSR count). The van der Waals surface area contributed by atoms with Crippen molar-refractivity contribution in [1.29, 1.82) is 0 Å². The van der Waals surface area contributed by atoms with Crippen molar-refractivity contribution in [3.8, 4) is 0 Å². The van der Waals surface area contributed by atoms with Gasteiger partial charge in [-0.3, -0.25) is 4.90 Å². The zero-order valence-electron chi connectivity index (χ0n) is 13.9. The van der Waals surface area contributed by atoms with Gasteiger partial charge in [0.2, 0.25) is 0 Å². The molecule has 1 aromatic heterocycles. The van der Waals surface area contributed by atoms with Crippen molar-refractivity contribution >= 4 is 16.5 Å². The van der Waals surface area contributed by atoms with E-state index in [0.29, 0.717) is 11.5 Å². The van der Waals surface area contributed by atoms with Crippen LogP contribution in [0.15, 0.2) is 11.6 Å². The van der Waals surface area contributed by atoms with Crippen LogP contribution in [-0.2, 0) is 0 Å². The quantitative estimate of drug-likeness (QED) is 0.839. The molecular weight excluding hydrogens is 280 g/mol. The Morgan fingerprint density at radius 1 is 1.33 bits per heavy atom. The standard InChI is InChI=1S/C16H30N4S/c1-5-6-17-14(2)16(3,4)13-19-8-10-20(11-9-19)15-18-7-12-21-15/h7,12,14,17H,5-6,8-11,13H2,1-4H3. The van der Waals surface area contributed by atoms with Gasteiger partial charge < -0.3 is 10.2 Å². The SMILES string of the molecule is CCCNC(C)C(C)(C)CN1CCN(c2nccs2)CC1. The molecule has 1 saturated heterocycles. The van der Waals surface area contributed by atoms with Gasteiger partial charge in [0.25, 0.3) is 0 Å². The fourth-order valence-corrected chi connectivity index (χ4v) is 3.52. The van der Waals surface area contributed by atoms with E-state index in [1.54, 1.807) is 11.3 Å². The van der Waals surface area contributed by atoms with Crippen molar-refractivity contribution in [1.82, 2.24) is 15.2 Å². The highest BCUT2D eigenvalue weighted by Crippen LogP contribution is 2.24. The summed E-state index contributed by atoms with van der Waals surface area (Å²) >= 11 is 1.74. The van der Waals surface area contributed by atoms with E-state index in [0.717, 1.165) is 39.3 Å². The van der Waals surface area contributed by atoms with Crippen LogP contribution in [0.5, 0.6) is 0 Å². The topological polar surface area (TPSA) is 31.4 Å². The number of aromatic nitrogens is 1. The molecule has 1 aliphatic heterocycles. The van der Waals surface area contributed by atoms with Gasteiger partial charge in [-0.05, 0) is 25.3 Å². The fraction of sp³-hybridized carbons (Fsp3) is 0.812. The maximum atomic E-state index is 4.42. The molecule has 2 heterocycles. The molecule has 120 valence electrons. The maximum absolute atomic E-state index is 4.42. The Bertz CT molecular complexity index is 396. The first-order valence-electron chi connectivity index (χ1n) is 8.13. The van der Waals surface area contributed by atoms with Gasteiger partial charge >= 0.3 is 0 Å². The summed E-state index contributed by atoms with van der Waals surface area (Å²) < 4.78 is 0. The van der Waals surface area contributed by atoms with Gasteiger partial charge in [0.1, 0.15) is 0 Å². The number of thiazole rings is 1. The molecule has 1 fully saturated rings. The molecule has 1 aliphatic rings. The zero-order chi connectivity index (χ0) is 15.3. The lowest BCUT2D eigenvalue weighted by atomic mass is 9.84. The van der Waals surface area contributed by atoms with E-state index in [1.807, 2.05) is 6.20 Å². The molecule has 0 radical (unpaired) electrons. The summed E-state index contributed by atoms with van der Waals surface area (Å²) in [5, 5.41) is 6.88. The molecule has 4 nitrogen and oxygen atoms in total. The van der Waals surface area contributed by atoms with Crippen LogP contribution in [0, 0.1) is 5.41 Å². The number of piperazine rings is 1. The van der Waals surface area contributed by atoms with Crippen LogP contribution in [0.3, 0.4) is 0 Å². The maximum Gasteiger partial charge on any atom is 0.185 e. The first-order chi connectivity index (χ1) is 10.0. The first kappa shape index (κ1) is 16.7. The number of hydrogen-bond acceptors (Lipinski definition) is 5. The Hall–Kier alpha value is -0.650. The summed E-state index contributed by atoms with van der Waals surface area (Å²) in [6.07, 6.45) is 3.10. The van der Waals surface area contributed by atoms with Crippen LogP contribution in [0.25, 0.3) is 0 Å². The molecule has 5 heteroatoms. The number of nitrogens with zero attached hydrogens (tertiary/aromatic N) is 3. The average Bonchev–Trinajstić information content (AvgIpc) is 2.99. The summed E-state index contributed by atoms with van der Waals surface area (Å²) in [6, 6.07) is 0.550. The summed E-state index contributed by atoms with van der Waals surface area (Å²) in [4.78, 5) is 9.43. The second-order valence-electron chi connectivity index (χ2n) is 6.74. The third-order valence-electron chi connectivity index (χ3n) is 4.57. The van der Waals surface area contributed by atoms with Crippen LogP contribution < -0.4 is 10.2 Å². The van der Waals surface area contributed by atoms with E-state index in [1.165, 1.54) is 11.6 Å². The lowest BCUT2D eigenvalue weighted by molar-refractivity contribution is 0.137. The summed E-state index contributed by atoms with van der Waals surface area (Å²) in [7, 11) is 0. The van der Waals surface area contributed by atoms with E-state index in [-0.39, 0.29) is 0 Å².